The molecule has 0 saturated heterocycles. The number of benzene rings is 2. The van der Waals surface area contributed by atoms with E-state index in [9.17, 15) is 5.11 Å². The zero-order valence-corrected chi connectivity index (χ0v) is 13.8. The number of hydrogen-bond acceptors (Lipinski definition) is 3. The second kappa shape index (κ2) is 6.55. The highest BCUT2D eigenvalue weighted by molar-refractivity contribution is 5.84. The van der Waals surface area contributed by atoms with Gasteiger partial charge in [-0.1, -0.05) is 37.5 Å². The molecule has 120 valence electrons. The number of aliphatic hydroxyl groups is 1. The lowest BCUT2D eigenvalue weighted by molar-refractivity contribution is 0.107. The fourth-order valence-electron chi connectivity index (χ4n) is 2.97. The average molecular weight is 308 g/mol. The largest absolute Gasteiger partial charge is 0.379 e. The van der Waals surface area contributed by atoms with Crippen LogP contribution in [0.15, 0.2) is 47.5 Å². The predicted molar refractivity (Wildman–Crippen MR) is 97.1 cm³/mol. The lowest BCUT2D eigenvalue weighted by atomic mass is 9.90. The highest BCUT2D eigenvalue weighted by atomic mass is 16.3. The van der Waals surface area contributed by atoms with Gasteiger partial charge in [0.15, 0.2) is 0 Å². The van der Waals surface area contributed by atoms with Gasteiger partial charge < -0.3 is 10.4 Å². The van der Waals surface area contributed by atoms with E-state index in [2.05, 4.69) is 48.4 Å². The summed E-state index contributed by atoms with van der Waals surface area (Å²) in [5.41, 5.74) is 4.12. The molecule has 0 saturated carbocycles. The summed E-state index contributed by atoms with van der Waals surface area (Å²) in [6, 6.07) is 14.3. The molecule has 3 rings (SSSR count). The van der Waals surface area contributed by atoms with Crippen LogP contribution in [-0.4, -0.2) is 11.3 Å². The Bertz CT molecular complexity index is 706. The molecule has 2 aromatic carbocycles. The number of nitrogens with one attached hydrogen (secondary N) is 1. The Morgan fingerprint density at radius 1 is 1.04 bits per heavy atom. The molecule has 1 aliphatic heterocycles. The molecule has 0 amide bonds. The van der Waals surface area contributed by atoms with E-state index in [-0.39, 0.29) is 0 Å². The van der Waals surface area contributed by atoms with Gasteiger partial charge in [0.25, 0.3) is 0 Å². The second-order valence-electron chi connectivity index (χ2n) is 6.36. The maximum Gasteiger partial charge on any atom is 0.127 e. The highest BCUT2D eigenvalue weighted by Gasteiger charge is 2.33. The minimum atomic E-state index is -0.921. The number of rotatable bonds is 6. The first-order valence-electron chi connectivity index (χ1n) is 8.36. The summed E-state index contributed by atoms with van der Waals surface area (Å²) in [5, 5.41) is 14.3. The fraction of sp³-hybridized carbons (Fsp3) is 0.350. The molecule has 0 aromatic heterocycles. The van der Waals surface area contributed by atoms with Crippen molar-refractivity contribution in [3.05, 3.63) is 53.6 Å². The molecule has 0 bridgehead atoms. The third-order valence-corrected chi connectivity index (χ3v) is 4.38. The van der Waals surface area contributed by atoms with E-state index < -0.39 is 5.60 Å². The molecular weight excluding hydrogens is 284 g/mol. The topological polar surface area (TPSA) is 44.6 Å². The summed E-state index contributed by atoms with van der Waals surface area (Å²) < 4.78 is 0. The number of aryl methyl sites for hydroxylation is 1. The van der Waals surface area contributed by atoms with Gasteiger partial charge in [-0.3, -0.25) is 4.99 Å². The Kier molecular flexibility index (Phi) is 4.49. The number of hydrogen-bond donors (Lipinski definition) is 2. The highest BCUT2D eigenvalue weighted by Crippen LogP contribution is 2.40. The van der Waals surface area contributed by atoms with Gasteiger partial charge in [0.05, 0.1) is 5.69 Å². The molecule has 2 aromatic rings. The molecule has 0 spiro atoms. The van der Waals surface area contributed by atoms with Crippen molar-refractivity contribution in [2.75, 3.05) is 5.32 Å². The molecule has 1 unspecified atom stereocenters. The molecular formula is C20H24N2O. The lowest BCUT2D eigenvalue weighted by Gasteiger charge is -2.22. The summed E-state index contributed by atoms with van der Waals surface area (Å²) >= 11 is 0. The third kappa shape index (κ3) is 3.45. The van der Waals surface area contributed by atoms with E-state index in [0.717, 1.165) is 48.3 Å². The molecule has 1 aliphatic rings. The van der Waals surface area contributed by atoms with Crippen molar-refractivity contribution in [2.45, 2.75) is 45.1 Å². The van der Waals surface area contributed by atoms with E-state index in [1.807, 2.05) is 18.2 Å². The van der Waals surface area contributed by atoms with Crippen molar-refractivity contribution < 1.29 is 5.11 Å². The molecule has 3 nitrogen and oxygen atoms in total. The summed E-state index contributed by atoms with van der Waals surface area (Å²) in [7, 11) is 0. The molecule has 2 N–H and O–H groups in total. The van der Waals surface area contributed by atoms with Gasteiger partial charge >= 0.3 is 0 Å². The van der Waals surface area contributed by atoms with Crippen LogP contribution < -0.4 is 5.32 Å². The molecule has 3 heteroatoms. The van der Waals surface area contributed by atoms with Crippen LogP contribution in [-0.2, 0) is 5.60 Å². The first kappa shape index (κ1) is 15.8. The summed E-state index contributed by atoms with van der Waals surface area (Å²) in [5.74, 6) is 0. The molecule has 0 aliphatic carbocycles. The SMILES string of the molecule is CCCCCC1(O)C=Nc2ccc(Nc3ccc(C)cc3)cc21. The van der Waals surface area contributed by atoms with Crippen LogP contribution in [0.5, 0.6) is 0 Å². The number of aliphatic imine (C=N–C) groups is 1. The van der Waals surface area contributed by atoms with Crippen molar-refractivity contribution in [1.82, 2.24) is 0 Å². The van der Waals surface area contributed by atoms with Crippen molar-refractivity contribution >= 4 is 23.3 Å². The number of unbranched alkanes of at least 4 members (excludes halogenated alkanes) is 2. The van der Waals surface area contributed by atoms with E-state index in [4.69, 9.17) is 0 Å². The smallest absolute Gasteiger partial charge is 0.127 e. The van der Waals surface area contributed by atoms with Gasteiger partial charge in [-0.25, -0.2) is 0 Å². The first-order valence-corrected chi connectivity index (χ1v) is 8.36. The molecule has 0 fully saturated rings. The molecule has 23 heavy (non-hydrogen) atoms. The van der Waals surface area contributed by atoms with E-state index >= 15 is 0 Å². The zero-order valence-electron chi connectivity index (χ0n) is 13.8. The van der Waals surface area contributed by atoms with E-state index in [0.29, 0.717) is 0 Å². The van der Waals surface area contributed by atoms with Crippen molar-refractivity contribution in [1.29, 1.82) is 0 Å². The standard InChI is InChI=1S/C20H24N2O/c1-3-4-5-12-20(23)14-21-19-11-10-17(13-18(19)20)22-16-8-6-15(2)7-9-16/h6-11,13-14,22-23H,3-5,12H2,1-2H3. The Morgan fingerprint density at radius 3 is 2.52 bits per heavy atom. The third-order valence-electron chi connectivity index (χ3n) is 4.38. The van der Waals surface area contributed by atoms with Gasteiger partial charge in [0, 0.05) is 23.2 Å². The van der Waals surface area contributed by atoms with Crippen LogP contribution in [0.2, 0.25) is 0 Å². The normalized spacial score (nSPS) is 18.9. The van der Waals surface area contributed by atoms with Gasteiger partial charge in [-0.05, 0) is 50.1 Å². The Morgan fingerprint density at radius 2 is 1.78 bits per heavy atom. The Balaban J connectivity index is 1.80. The van der Waals surface area contributed by atoms with Crippen LogP contribution in [0.4, 0.5) is 17.1 Å². The van der Waals surface area contributed by atoms with Crippen LogP contribution in [0.3, 0.4) is 0 Å². The maximum atomic E-state index is 10.9. The van der Waals surface area contributed by atoms with Crippen molar-refractivity contribution in [3.8, 4) is 0 Å². The Labute approximate surface area is 138 Å². The van der Waals surface area contributed by atoms with Gasteiger partial charge in [-0.2, -0.15) is 0 Å². The zero-order chi connectivity index (χ0) is 16.3. The number of nitrogens with zero attached hydrogens (tertiary/aromatic N) is 1. The number of anilines is 2. The lowest BCUT2D eigenvalue weighted by Crippen LogP contribution is -2.24. The molecule has 1 heterocycles. The van der Waals surface area contributed by atoms with Crippen LogP contribution in [0, 0.1) is 6.92 Å². The van der Waals surface area contributed by atoms with Crippen LogP contribution >= 0.6 is 0 Å². The monoisotopic (exact) mass is 308 g/mol. The number of fused-ring (bicyclic) bond motifs is 1. The predicted octanol–water partition coefficient (Wildman–Crippen LogP) is 5.22. The minimum Gasteiger partial charge on any atom is -0.379 e. The first-order chi connectivity index (χ1) is 11.1. The summed E-state index contributed by atoms with van der Waals surface area (Å²) in [4.78, 5) is 4.39. The van der Waals surface area contributed by atoms with E-state index in [1.165, 1.54) is 5.56 Å². The summed E-state index contributed by atoms with van der Waals surface area (Å²) in [6.45, 7) is 4.25. The summed E-state index contributed by atoms with van der Waals surface area (Å²) in [6.07, 6.45) is 5.71. The molecule has 0 radical (unpaired) electrons. The fourth-order valence-corrected chi connectivity index (χ4v) is 2.97. The van der Waals surface area contributed by atoms with Crippen LogP contribution in [0.1, 0.15) is 43.7 Å². The Hall–Kier alpha value is -2.13. The quantitative estimate of drug-likeness (QED) is 0.718. The van der Waals surface area contributed by atoms with Crippen molar-refractivity contribution in [2.24, 2.45) is 4.99 Å². The van der Waals surface area contributed by atoms with E-state index in [1.54, 1.807) is 6.21 Å². The van der Waals surface area contributed by atoms with Crippen LogP contribution in [0.25, 0.3) is 0 Å². The van der Waals surface area contributed by atoms with Crippen molar-refractivity contribution in [3.63, 3.8) is 0 Å². The maximum absolute atomic E-state index is 10.9. The molecule has 1 atom stereocenters. The van der Waals surface area contributed by atoms with Gasteiger partial charge in [0.1, 0.15) is 5.60 Å². The second-order valence-corrected chi connectivity index (χ2v) is 6.36. The van der Waals surface area contributed by atoms with Gasteiger partial charge in [0.2, 0.25) is 0 Å². The van der Waals surface area contributed by atoms with Gasteiger partial charge in [-0.15, -0.1) is 0 Å². The minimum absolute atomic E-state index is 0.728. The average Bonchev–Trinajstić information content (AvgIpc) is 2.87.